The van der Waals surface area contributed by atoms with Gasteiger partial charge < -0.3 is 0 Å². The van der Waals surface area contributed by atoms with Crippen LogP contribution in [0.5, 0.6) is 23.0 Å². The van der Waals surface area contributed by atoms with Crippen LogP contribution in [0.25, 0.3) is 66.6 Å². The molecule has 0 saturated carbocycles. The van der Waals surface area contributed by atoms with E-state index >= 15 is 0 Å². The van der Waals surface area contributed by atoms with E-state index in [0.717, 1.165) is 89.6 Å². The van der Waals surface area contributed by atoms with Crippen molar-refractivity contribution < 1.29 is 18.9 Å². The molecule has 2 heterocycles. The standard InChI is InChI=1S/2C20H16N2O2Se/c2*1-23-15-7-3-13(4-8-15)17-11-12-18(20-19(17)21-25-22-20)14-5-9-16(24-2)10-6-14/h2*3-12H,1-2H3. The Kier molecular flexibility index (Phi) is 10.1. The zero-order valence-electron chi connectivity index (χ0n) is 27.8. The van der Waals surface area contributed by atoms with Gasteiger partial charge in [-0.15, -0.1) is 0 Å². The van der Waals surface area contributed by atoms with Crippen LogP contribution < -0.4 is 18.9 Å². The van der Waals surface area contributed by atoms with E-state index in [1.165, 1.54) is 0 Å². The average molecular weight is 791 g/mol. The first-order valence-electron chi connectivity index (χ1n) is 15.7. The minimum atomic E-state index is -0.0911. The van der Waals surface area contributed by atoms with Crippen LogP contribution in [0.4, 0.5) is 0 Å². The van der Waals surface area contributed by atoms with Crippen LogP contribution in [0.2, 0.25) is 0 Å². The molecule has 0 aliphatic heterocycles. The van der Waals surface area contributed by atoms with Crippen LogP contribution in [0, 0.1) is 0 Å². The van der Waals surface area contributed by atoms with Gasteiger partial charge in [-0.05, 0) is 0 Å². The molecule has 248 valence electrons. The van der Waals surface area contributed by atoms with E-state index in [4.69, 9.17) is 18.9 Å². The predicted molar refractivity (Wildman–Crippen MR) is 201 cm³/mol. The number of aromatic nitrogens is 4. The molecule has 0 atom stereocenters. The molecule has 0 unspecified atom stereocenters. The van der Waals surface area contributed by atoms with Crippen LogP contribution in [-0.4, -0.2) is 74.3 Å². The second-order valence-electron chi connectivity index (χ2n) is 11.2. The van der Waals surface area contributed by atoms with Crippen molar-refractivity contribution in [2.24, 2.45) is 0 Å². The van der Waals surface area contributed by atoms with Gasteiger partial charge in [0.25, 0.3) is 0 Å². The molecular weight excluding hydrogens is 758 g/mol. The maximum atomic E-state index is 5.24. The van der Waals surface area contributed by atoms with Crippen molar-refractivity contribution >= 4 is 52.0 Å². The molecular formula is C40H32N4O4Se2. The van der Waals surface area contributed by atoms with Crippen LogP contribution in [-0.2, 0) is 0 Å². The average Bonchev–Trinajstić information content (AvgIpc) is 3.89. The first-order valence-corrected chi connectivity index (χ1v) is 18.7. The van der Waals surface area contributed by atoms with Gasteiger partial charge in [-0.25, -0.2) is 0 Å². The molecule has 0 N–H and O–H groups in total. The molecule has 2 aromatic heterocycles. The van der Waals surface area contributed by atoms with E-state index in [0.29, 0.717) is 0 Å². The third-order valence-electron chi connectivity index (χ3n) is 8.43. The third kappa shape index (κ3) is 6.79. The van der Waals surface area contributed by atoms with Gasteiger partial charge >= 0.3 is 304 Å². The number of ether oxygens (including phenoxy) is 4. The van der Waals surface area contributed by atoms with Crippen molar-refractivity contribution in [2.45, 2.75) is 0 Å². The van der Waals surface area contributed by atoms with Crippen molar-refractivity contribution in [2.75, 3.05) is 28.4 Å². The first-order chi connectivity index (χ1) is 24.6. The molecule has 0 fully saturated rings. The van der Waals surface area contributed by atoms with Gasteiger partial charge in [-0.2, -0.15) is 0 Å². The first kappa shape index (κ1) is 33.3. The molecule has 8 aromatic rings. The normalized spacial score (nSPS) is 10.8. The molecule has 0 radical (unpaired) electrons. The Balaban J connectivity index is 0.000000157. The zero-order chi connectivity index (χ0) is 34.5. The quantitative estimate of drug-likeness (QED) is 0.143. The monoisotopic (exact) mass is 792 g/mol. The minimum absolute atomic E-state index is 0.0911. The summed E-state index contributed by atoms with van der Waals surface area (Å²) in [6.45, 7) is 0. The molecule has 0 spiro atoms. The number of methoxy groups -OCH3 is 4. The topological polar surface area (TPSA) is 88.5 Å². The van der Waals surface area contributed by atoms with E-state index in [9.17, 15) is 0 Å². The summed E-state index contributed by atoms with van der Waals surface area (Å²) >= 11 is -0.182. The Morgan fingerprint density at radius 2 is 0.500 bits per heavy atom. The molecule has 0 bridgehead atoms. The van der Waals surface area contributed by atoms with Crippen molar-refractivity contribution in [1.29, 1.82) is 0 Å². The summed E-state index contributed by atoms with van der Waals surface area (Å²) in [5, 5.41) is 0. The van der Waals surface area contributed by atoms with Gasteiger partial charge in [0.05, 0.1) is 0 Å². The molecule has 8 nitrogen and oxygen atoms in total. The van der Waals surface area contributed by atoms with Crippen molar-refractivity contribution in [1.82, 2.24) is 15.9 Å². The van der Waals surface area contributed by atoms with Crippen LogP contribution in [0.15, 0.2) is 121 Å². The summed E-state index contributed by atoms with van der Waals surface area (Å²) in [7, 11) is 6.69. The Bertz CT molecular complexity index is 2020. The van der Waals surface area contributed by atoms with E-state index in [-0.39, 0.29) is 29.9 Å². The van der Waals surface area contributed by atoms with Crippen LogP contribution in [0.1, 0.15) is 0 Å². The van der Waals surface area contributed by atoms with E-state index in [2.05, 4.69) is 88.7 Å². The zero-order valence-corrected chi connectivity index (χ0v) is 31.2. The van der Waals surface area contributed by atoms with Crippen LogP contribution in [0.3, 0.4) is 0 Å². The number of hydrogen-bond acceptors (Lipinski definition) is 8. The molecule has 8 rings (SSSR count). The SMILES string of the molecule is COc1ccc(-c2ccc(-c3ccc(OC)cc3)c3n[se]nc23)cc1.COc1ccc(-c2ccc(-c3ccc(OC)cc3)c3n[se]nc23)cc1. The van der Waals surface area contributed by atoms with Gasteiger partial charge in [0.2, 0.25) is 0 Å². The fourth-order valence-electron chi connectivity index (χ4n) is 5.75. The fourth-order valence-corrected chi connectivity index (χ4v) is 8.15. The van der Waals surface area contributed by atoms with E-state index in [1.807, 2.05) is 48.5 Å². The van der Waals surface area contributed by atoms with Crippen molar-refractivity contribution in [3.63, 3.8) is 0 Å². The Morgan fingerprint density at radius 1 is 0.300 bits per heavy atom. The van der Waals surface area contributed by atoms with Crippen LogP contribution >= 0.6 is 0 Å². The van der Waals surface area contributed by atoms with Gasteiger partial charge in [-0.1, -0.05) is 0 Å². The fraction of sp³-hybridized carbons (Fsp3) is 0.100. The summed E-state index contributed by atoms with van der Waals surface area (Å²) in [5.74, 6) is 3.39. The molecule has 0 aliphatic rings. The molecule has 0 saturated heterocycles. The second kappa shape index (κ2) is 15.1. The van der Waals surface area contributed by atoms with Crippen molar-refractivity contribution in [3.8, 4) is 67.5 Å². The van der Waals surface area contributed by atoms with Gasteiger partial charge in [-0.3, -0.25) is 0 Å². The number of fused-ring (bicyclic) bond motifs is 2. The maximum absolute atomic E-state index is 5.24. The summed E-state index contributed by atoms with van der Waals surface area (Å²) < 4.78 is 39.7. The number of rotatable bonds is 8. The van der Waals surface area contributed by atoms with Gasteiger partial charge in [0.15, 0.2) is 0 Å². The summed E-state index contributed by atoms with van der Waals surface area (Å²) in [5.41, 5.74) is 12.9. The van der Waals surface area contributed by atoms with E-state index < -0.39 is 0 Å². The number of nitrogens with zero attached hydrogens (tertiary/aromatic N) is 4. The molecule has 50 heavy (non-hydrogen) atoms. The molecule has 6 aromatic carbocycles. The predicted octanol–water partition coefficient (Wildman–Crippen LogP) is 8.08. The third-order valence-corrected chi connectivity index (χ3v) is 10.7. The number of hydrogen-bond donors (Lipinski definition) is 0. The Morgan fingerprint density at radius 3 is 0.680 bits per heavy atom. The number of benzene rings is 6. The van der Waals surface area contributed by atoms with E-state index in [1.54, 1.807) is 28.4 Å². The summed E-state index contributed by atoms with van der Waals surface area (Å²) in [6, 6.07) is 40.7. The van der Waals surface area contributed by atoms with Gasteiger partial charge in [0.1, 0.15) is 0 Å². The van der Waals surface area contributed by atoms with Gasteiger partial charge in [0, 0.05) is 0 Å². The Hall–Kier alpha value is -5.24. The second-order valence-corrected chi connectivity index (χ2v) is 13.4. The molecule has 10 heteroatoms. The van der Waals surface area contributed by atoms with Crippen molar-refractivity contribution in [3.05, 3.63) is 121 Å². The molecule has 0 aliphatic carbocycles. The summed E-state index contributed by atoms with van der Waals surface area (Å²) in [6.07, 6.45) is 0. The molecule has 0 amide bonds. The Labute approximate surface area is 302 Å². The summed E-state index contributed by atoms with van der Waals surface area (Å²) in [4.78, 5) is 0.